The number of nitrogen functional groups attached to an aromatic ring is 1. The molecule has 0 radical (unpaired) electrons. The van der Waals surface area contributed by atoms with E-state index in [2.05, 4.69) is 5.32 Å². The Morgan fingerprint density at radius 2 is 1.77 bits per heavy atom. The normalized spacial score (nSPS) is 11.1. The number of primary sulfonamides is 1. The molecule has 0 heterocycles. The second-order valence-corrected chi connectivity index (χ2v) is 6.21. The number of anilines is 2. The van der Waals surface area contributed by atoms with E-state index in [1.165, 1.54) is 18.2 Å². The molecule has 0 saturated heterocycles. The first kappa shape index (κ1) is 15.8. The summed E-state index contributed by atoms with van der Waals surface area (Å²) in [6, 6.07) is 10.5. The highest BCUT2D eigenvalue weighted by Crippen LogP contribution is 2.20. The molecule has 8 heteroatoms. The molecule has 116 valence electrons. The van der Waals surface area contributed by atoms with Crippen molar-refractivity contribution in [2.45, 2.75) is 11.4 Å². The van der Waals surface area contributed by atoms with Crippen LogP contribution in [-0.4, -0.2) is 19.5 Å². The number of hydrogen-bond acceptors (Lipinski definition) is 5. The summed E-state index contributed by atoms with van der Waals surface area (Å²) < 4.78 is 22.3. The molecular weight excluding hydrogens is 306 g/mol. The SMILES string of the molecule is Nc1ccc(NCc2ccc(S(N)(=O)=O)cc2)c(C(=O)O)c1. The summed E-state index contributed by atoms with van der Waals surface area (Å²) >= 11 is 0. The van der Waals surface area contributed by atoms with Gasteiger partial charge in [0.05, 0.1) is 10.5 Å². The van der Waals surface area contributed by atoms with Crippen molar-refractivity contribution in [2.24, 2.45) is 5.14 Å². The smallest absolute Gasteiger partial charge is 0.337 e. The molecule has 0 aromatic heterocycles. The van der Waals surface area contributed by atoms with Gasteiger partial charge in [0.25, 0.3) is 0 Å². The van der Waals surface area contributed by atoms with E-state index < -0.39 is 16.0 Å². The monoisotopic (exact) mass is 321 g/mol. The second-order valence-electron chi connectivity index (χ2n) is 4.65. The van der Waals surface area contributed by atoms with E-state index in [0.717, 1.165) is 5.56 Å². The standard InChI is InChI=1S/C14H15N3O4S/c15-10-3-6-13(12(7-10)14(18)19)17-8-9-1-4-11(5-2-9)22(16,20)21/h1-7,17H,8,15H2,(H,18,19)(H2,16,20,21). The quantitative estimate of drug-likeness (QED) is 0.611. The number of aromatic carboxylic acids is 1. The Balaban J connectivity index is 2.15. The number of carbonyl (C=O) groups is 1. The number of nitrogens with two attached hydrogens (primary N) is 2. The third kappa shape index (κ3) is 3.74. The zero-order valence-corrected chi connectivity index (χ0v) is 12.3. The van der Waals surface area contributed by atoms with Gasteiger partial charge in [-0.25, -0.2) is 18.4 Å². The van der Waals surface area contributed by atoms with Gasteiger partial charge in [0, 0.05) is 17.9 Å². The van der Waals surface area contributed by atoms with Crippen molar-refractivity contribution >= 4 is 27.4 Å². The largest absolute Gasteiger partial charge is 0.478 e. The van der Waals surface area contributed by atoms with Crippen molar-refractivity contribution in [1.82, 2.24) is 0 Å². The van der Waals surface area contributed by atoms with E-state index >= 15 is 0 Å². The fraction of sp³-hybridized carbons (Fsp3) is 0.0714. The fourth-order valence-electron chi connectivity index (χ4n) is 1.89. The number of nitrogens with one attached hydrogen (secondary N) is 1. The molecular formula is C14H15N3O4S. The van der Waals surface area contributed by atoms with Crippen molar-refractivity contribution in [1.29, 1.82) is 0 Å². The lowest BCUT2D eigenvalue weighted by Crippen LogP contribution is -2.12. The van der Waals surface area contributed by atoms with Gasteiger partial charge >= 0.3 is 5.97 Å². The highest BCUT2D eigenvalue weighted by atomic mass is 32.2. The maximum Gasteiger partial charge on any atom is 0.337 e. The first-order chi connectivity index (χ1) is 10.3. The molecule has 0 saturated carbocycles. The zero-order chi connectivity index (χ0) is 16.3. The molecule has 0 unspecified atom stereocenters. The van der Waals surface area contributed by atoms with E-state index in [0.29, 0.717) is 17.9 Å². The number of benzene rings is 2. The lowest BCUT2D eigenvalue weighted by Gasteiger charge is -2.10. The molecule has 0 amide bonds. The third-order valence-corrected chi connectivity index (χ3v) is 3.94. The van der Waals surface area contributed by atoms with Gasteiger partial charge in [-0.05, 0) is 35.9 Å². The Bertz CT molecular complexity index is 801. The van der Waals surface area contributed by atoms with Crippen molar-refractivity contribution in [3.8, 4) is 0 Å². The predicted octanol–water partition coefficient (Wildman–Crippen LogP) is 1.23. The van der Waals surface area contributed by atoms with Crippen LogP contribution in [-0.2, 0) is 16.6 Å². The Kier molecular flexibility index (Phi) is 4.34. The third-order valence-electron chi connectivity index (χ3n) is 3.01. The Morgan fingerprint density at radius 3 is 2.32 bits per heavy atom. The number of hydrogen-bond donors (Lipinski definition) is 4. The molecule has 0 aliphatic carbocycles. The Morgan fingerprint density at radius 1 is 1.14 bits per heavy atom. The van der Waals surface area contributed by atoms with E-state index in [1.807, 2.05) is 0 Å². The van der Waals surface area contributed by atoms with Crippen LogP contribution in [0.25, 0.3) is 0 Å². The number of carboxylic acids is 1. The zero-order valence-electron chi connectivity index (χ0n) is 11.5. The summed E-state index contributed by atoms with van der Waals surface area (Å²) in [5, 5.41) is 17.1. The lowest BCUT2D eigenvalue weighted by molar-refractivity contribution is 0.0698. The van der Waals surface area contributed by atoms with Gasteiger partial charge in [-0.3, -0.25) is 0 Å². The molecule has 2 rings (SSSR count). The molecule has 7 nitrogen and oxygen atoms in total. The van der Waals surface area contributed by atoms with Crippen LogP contribution in [0.2, 0.25) is 0 Å². The molecule has 0 aliphatic rings. The topological polar surface area (TPSA) is 136 Å². The van der Waals surface area contributed by atoms with E-state index in [9.17, 15) is 13.2 Å². The van der Waals surface area contributed by atoms with Crippen LogP contribution < -0.4 is 16.2 Å². The highest BCUT2D eigenvalue weighted by Gasteiger charge is 2.11. The number of carboxylic acid groups (broad SMARTS) is 1. The van der Waals surface area contributed by atoms with Crippen molar-refractivity contribution in [3.05, 3.63) is 53.6 Å². The van der Waals surface area contributed by atoms with Crippen molar-refractivity contribution in [2.75, 3.05) is 11.1 Å². The Hall–Kier alpha value is -2.58. The van der Waals surface area contributed by atoms with E-state index in [4.69, 9.17) is 16.0 Å². The van der Waals surface area contributed by atoms with Gasteiger partial charge in [0.2, 0.25) is 10.0 Å². The first-order valence-electron chi connectivity index (χ1n) is 6.26. The second kappa shape index (κ2) is 6.04. The molecule has 0 aliphatic heterocycles. The van der Waals surface area contributed by atoms with Crippen LogP contribution in [0.1, 0.15) is 15.9 Å². The molecule has 22 heavy (non-hydrogen) atoms. The molecule has 0 spiro atoms. The van der Waals surface area contributed by atoms with E-state index in [1.54, 1.807) is 24.3 Å². The Labute approximate surface area is 127 Å². The fourth-order valence-corrected chi connectivity index (χ4v) is 2.40. The van der Waals surface area contributed by atoms with Gasteiger partial charge < -0.3 is 16.2 Å². The van der Waals surface area contributed by atoms with Crippen LogP contribution >= 0.6 is 0 Å². The maximum absolute atomic E-state index is 11.2. The average Bonchev–Trinajstić information content (AvgIpc) is 2.45. The van der Waals surface area contributed by atoms with Gasteiger partial charge in [-0.2, -0.15) is 0 Å². The van der Waals surface area contributed by atoms with Gasteiger partial charge in [-0.15, -0.1) is 0 Å². The summed E-state index contributed by atoms with van der Waals surface area (Å²) in [6.07, 6.45) is 0. The summed E-state index contributed by atoms with van der Waals surface area (Å²) in [7, 11) is -3.72. The number of sulfonamides is 1. The van der Waals surface area contributed by atoms with Crippen LogP contribution in [0.15, 0.2) is 47.4 Å². The first-order valence-corrected chi connectivity index (χ1v) is 7.80. The maximum atomic E-state index is 11.2. The van der Waals surface area contributed by atoms with Gasteiger partial charge in [0.15, 0.2) is 0 Å². The molecule has 0 atom stereocenters. The van der Waals surface area contributed by atoms with Crippen LogP contribution in [0.3, 0.4) is 0 Å². The van der Waals surface area contributed by atoms with E-state index in [-0.39, 0.29) is 10.5 Å². The minimum Gasteiger partial charge on any atom is -0.478 e. The highest BCUT2D eigenvalue weighted by molar-refractivity contribution is 7.89. The molecule has 6 N–H and O–H groups in total. The van der Waals surface area contributed by atoms with Crippen LogP contribution in [0, 0.1) is 0 Å². The molecule has 2 aromatic carbocycles. The van der Waals surface area contributed by atoms with Crippen molar-refractivity contribution < 1.29 is 18.3 Å². The number of rotatable bonds is 5. The summed E-state index contributed by atoms with van der Waals surface area (Å²) in [4.78, 5) is 11.2. The molecule has 2 aromatic rings. The average molecular weight is 321 g/mol. The van der Waals surface area contributed by atoms with Gasteiger partial charge in [-0.1, -0.05) is 12.1 Å². The molecule has 0 bridgehead atoms. The van der Waals surface area contributed by atoms with Crippen LogP contribution in [0.5, 0.6) is 0 Å². The van der Waals surface area contributed by atoms with Crippen LogP contribution in [0.4, 0.5) is 11.4 Å². The summed E-state index contributed by atoms with van der Waals surface area (Å²) in [6.45, 7) is 0.328. The minimum atomic E-state index is -3.72. The van der Waals surface area contributed by atoms with Crippen molar-refractivity contribution in [3.63, 3.8) is 0 Å². The molecule has 0 fully saturated rings. The predicted molar refractivity (Wildman–Crippen MR) is 83.0 cm³/mol. The van der Waals surface area contributed by atoms with Gasteiger partial charge in [0.1, 0.15) is 0 Å². The summed E-state index contributed by atoms with van der Waals surface area (Å²) in [5.74, 6) is -1.08. The minimum absolute atomic E-state index is 0.0231. The summed E-state index contributed by atoms with van der Waals surface area (Å²) in [5.41, 5.74) is 7.21. The lowest BCUT2D eigenvalue weighted by atomic mass is 10.1.